The molecule has 0 aliphatic carbocycles. The van der Waals surface area contributed by atoms with Crippen LogP contribution in [0.15, 0.2) is 30.6 Å². The summed E-state index contributed by atoms with van der Waals surface area (Å²) in [5, 5.41) is 3.29. The van der Waals surface area contributed by atoms with Gasteiger partial charge in [-0.15, -0.1) is 0 Å². The first-order chi connectivity index (χ1) is 10.9. The van der Waals surface area contributed by atoms with Crippen LogP contribution < -0.4 is 5.32 Å². The van der Waals surface area contributed by atoms with E-state index < -0.39 is 18.0 Å². The van der Waals surface area contributed by atoms with E-state index in [2.05, 4.69) is 15.3 Å². The molecule has 1 atom stereocenters. The standard InChI is InChI=1S/C15H13Cl2N3O3/c1-8-6-19-13(7-18-8)15(22)23-9(2)14(21)20-12-5-10(16)3-4-11(12)17/h3-7,9H,1-2H3,(H,20,21)/t9-/m1/s1. The molecule has 0 saturated heterocycles. The third-order valence-corrected chi connectivity index (χ3v) is 3.39. The van der Waals surface area contributed by atoms with E-state index in [4.69, 9.17) is 27.9 Å². The maximum Gasteiger partial charge on any atom is 0.359 e. The van der Waals surface area contributed by atoms with Gasteiger partial charge in [-0.1, -0.05) is 23.2 Å². The maximum absolute atomic E-state index is 12.1. The Morgan fingerprint density at radius 1 is 1.22 bits per heavy atom. The molecule has 0 fully saturated rings. The number of carbonyl (C=O) groups is 2. The second kappa shape index (κ2) is 7.39. The van der Waals surface area contributed by atoms with Crippen LogP contribution in [-0.4, -0.2) is 27.9 Å². The summed E-state index contributed by atoms with van der Waals surface area (Å²) in [5.74, 6) is -1.28. The molecule has 8 heteroatoms. The van der Waals surface area contributed by atoms with E-state index >= 15 is 0 Å². The van der Waals surface area contributed by atoms with E-state index in [1.807, 2.05) is 0 Å². The number of nitrogens with one attached hydrogen (secondary N) is 1. The minimum atomic E-state index is -1.04. The van der Waals surface area contributed by atoms with E-state index in [9.17, 15) is 9.59 Å². The molecule has 0 aliphatic heterocycles. The Kier molecular flexibility index (Phi) is 5.52. The number of aromatic nitrogens is 2. The Morgan fingerprint density at radius 3 is 2.61 bits per heavy atom. The molecule has 1 amide bonds. The third kappa shape index (κ3) is 4.64. The molecule has 0 saturated carbocycles. The number of amides is 1. The van der Waals surface area contributed by atoms with Gasteiger partial charge in [0.2, 0.25) is 0 Å². The smallest absolute Gasteiger partial charge is 0.359 e. The molecule has 1 aromatic carbocycles. The number of ether oxygens (including phenoxy) is 1. The van der Waals surface area contributed by atoms with Crippen LogP contribution in [0.3, 0.4) is 0 Å². The number of halogens is 2. The highest BCUT2D eigenvalue weighted by Crippen LogP contribution is 2.25. The van der Waals surface area contributed by atoms with Crippen molar-refractivity contribution in [3.63, 3.8) is 0 Å². The molecule has 23 heavy (non-hydrogen) atoms. The van der Waals surface area contributed by atoms with Crippen molar-refractivity contribution in [2.75, 3.05) is 5.32 Å². The lowest BCUT2D eigenvalue weighted by Gasteiger charge is -2.14. The molecule has 6 nitrogen and oxygen atoms in total. The number of carbonyl (C=O) groups excluding carboxylic acids is 2. The van der Waals surface area contributed by atoms with E-state index in [0.717, 1.165) is 0 Å². The number of hydrogen-bond donors (Lipinski definition) is 1. The predicted octanol–water partition coefficient (Wildman–Crippen LogP) is 3.28. The zero-order valence-corrected chi connectivity index (χ0v) is 13.9. The lowest BCUT2D eigenvalue weighted by molar-refractivity contribution is -0.123. The highest BCUT2D eigenvalue weighted by molar-refractivity contribution is 6.35. The van der Waals surface area contributed by atoms with Crippen LogP contribution in [0, 0.1) is 6.92 Å². The second-order valence-electron chi connectivity index (χ2n) is 4.70. The molecular formula is C15H13Cl2N3O3. The van der Waals surface area contributed by atoms with Gasteiger partial charge in [-0.05, 0) is 32.0 Å². The van der Waals surface area contributed by atoms with Crippen LogP contribution in [0.2, 0.25) is 10.0 Å². The zero-order valence-electron chi connectivity index (χ0n) is 12.3. The second-order valence-corrected chi connectivity index (χ2v) is 5.55. The van der Waals surface area contributed by atoms with Gasteiger partial charge in [0.25, 0.3) is 5.91 Å². The highest BCUT2D eigenvalue weighted by atomic mass is 35.5. The van der Waals surface area contributed by atoms with Gasteiger partial charge in [0.1, 0.15) is 0 Å². The van der Waals surface area contributed by atoms with Crippen molar-refractivity contribution in [3.05, 3.63) is 52.0 Å². The zero-order chi connectivity index (χ0) is 17.0. The minimum Gasteiger partial charge on any atom is -0.448 e. The molecule has 120 valence electrons. The molecule has 1 heterocycles. The number of hydrogen-bond acceptors (Lipinski definition) is 5. The average molecular weight is 354 g/mol. The summed E-state index contributed by atoms with van der Waals surface area (Å²) in [4.78, 5) is 31.8. The van der Waals surface area contributed by atoms with Gasteiger partial charge in [0.15, 0.2) is 11.8 Å². The summed E-state index contributed by atoms with van der Waals surface area (Å²) in [5.41, 5.74) is 1.03. The molecule has 0 aliphatic rings. The minimum absolute atomic E-state index is 0.0241. The Bertz CT molecular complexity index is 735. The Balaban J connectivity index is 2.01. The van der Waals surface area contributed by atoms with Crippen molar-refractivity contribution >= 4 is 40.8 Å². The number of aryl methyl sites for hydroxylation is 1. The fraction of sp³-hybridized carbons (Fsp3) is 0.200. The van der Waals surface area contributed by atoms with Crippen molar-refractivity contribution in [3.8, 4) is 0 Å². The van der Waals surface area contributed by atoms with Crippen molar-refractivity contribution in [2.45, 2.75) is 20.0 Å². The SMILES string of the molecule is Cc1cnc(C(=O)O[C@H](C)C(=O)Nc2cc(Cl)ccc2Cl)cn1. The monoisotopic (exact) mass is 353 g/mol. The van der Waals surface area contributed by atoms with Crippen LogP contribution in [0.25, 0.3) is 0 Å². The lowest BCUT2D eigenvalue weighted by atomic mass is 10.3. The molecule has 2 rings (SSSR count). The Morgan fingerprint density at radius 2 is 1.96 bits per heavy atom. The topological polar surface area (TPSA) is 81.2 Å². The number of nitrogens with zero attached hydrogens (tertiary/aromatic N) is 2. The first-order valence-corrected chi connectivity index (χ1v) is 7.38. The lowest BCUT2D eigenvalue weighted by Crippen LogP contribution is -2.30. The van der Waals surface area contributed by atoms with E-state index in [0.29, 0.717) is 21.4 Å². The fourth-order valence-corrected chi connectivity index (χ4v) is 1.94. The molecular weight excluding hydrogens is 341 g/mol. The van der Waals surface area contributed by atoms with Crippen molar-refractivity contribution < 1.29 is 14.3 Å². The number of esters is 1. The molecule has 0 spiro atoms. The summed E-state index contributed by atoms with van der Waals surface area (Å²) in [6.07, 6.45) is 1.68. The van der Waals surface area contributed by atoms with Gasteiger partial charge in [-0.25, -0.2) is 9.78 Å². The summed E-state index contributed by atoms with van der Waals surface area (Å²) >= 11 is 11.8. The van der Waals surface area contributed by atoms with Crippen LogP contribution in [0.4, 0.5) is 5.69 Å². The summed E-state index contributed by atoms with van der Waals surface area (Å²) < 4.78 is 5.05. The summed E-state index contributed by atoms with van der Waals surface area (Å²) in [7, 11) is 0. The normalized spacial score (nSPS) is 11.7. The predicted molar refractivity (Wildman–Crippen MR) is 86.7 cm³/mol. The van der Waals surface area contributed by atoms with Gasteiger partial charge < -0.3 is 10.1 Å². The Hall–Kier alpha value is -2.18. The third-order valence-electron chi connectivity index (χ3n) is 2.83. The summed E-state index contributed by atoms with van der Waals surface area (Å²) in [6, 6.07) is 4.65. The first-order valence-electron chi connectivity index (χ1n) is 6.62. The van der Waals surface area contributed by atoms with E-state index in [1.54, 1.807) is 19.1 Å². The Labute approximate surface area is 142 Å². The van der Waals surface area contributed by atoms with Crippen molar-refractivity contribution in [1.29, 1.82) is 0 Å². The van der Waals surface area contributed by atoms with Crippen LogP contribution in [0.1, 0.15) is 23.1 Å². The maximum atomic E-state index is 12.1. The van der Waals surface area contributed by atoms with Crippen molar-refractivity contribution in [1.82, 2.24) is 9.97 Å². The van der Waals surface area contributed by atoms with Crippen LogP contribution >= 0.6 is 23.2 Å². The van der Waals surface area contributed by atoms with Gasteiger partial charge in [0.05, 0.1) is 22.6 Å². The fourth-order valence-electron chi connectivity index (χ4n) is 1.60. The quantitative estimate of drug-likeness (QED) is 0.853. The number of rotatable bonds is 4. The van der Waals surface area contributed by atoms with Gasteiger partial charge in [-0.3, -0.25) is 9.78 Å². The number of anilines is 1. The largest absolute Gasteiger partial charge is 0.448 e. The molecule has 0 radical (unpaired) electrons. The summed E-state index contributed by atoms with van der Waals surface area (Å²) in [6.45, 7) is 3.18. The molecule has 2 aromatic rings. The van der Waals surface area contributed by atoms with E-state index in [1.165, 1.54) is 25.4 Å². The molecule has 1 aromatic heterocycles. The molecule has 1 N–H and O–H groups in total. The average Bonchev–Trinajstić information content (AvgIpc) is 2.51. The van der Waals surface area contributed by atoms with E-state index in [-0.39, 0.29) is 5.69 Å². The molecule has 0 bridgehead atoms. The number of benzene rings is 1. The van der Waals surface area contributed by atoms with Crippen LogP contribution in [-0.2, 0) is 9.53 Å². The van der Waals surface area contributed by atoms with Gasteiger partial charge >= 0.3 is 5.97 Å². The van der Waals surface area contributed by atoms with Crippen LogP contribution in [0.5, 0.6) is 0 Å². The highest BCUT2D eigenvalue weighted by Gasteiger charge is 2.20. The van der Waals surface area contributed by atoms with Crippen molar-refractivity contribution in [2.24, 2.45) is 0 Å². The first kappa shape index (κ1) is 17.2. The molecule has 0 unspecified atom stereocenters. The van der Waals surface area contributed by atoms with Gasteiger partial charge in [0, 0.05) is 11.2 Å². The van der Waals surface area contributed by atoms with Gasteiger partial charge in [-0.2, -0.15) is 0 Å².